The predicted octanol–water partition coefficient (Wildman–Crippen LogP) is 2.70. The zero-order valence-electron chi connectivity index (χ0n) is 11.9. The molecule has 0 aliphatic carbocycles. The maximum Gasteiger partial charge on any atom is 0.422 e. The fourth-order valence-electron chi connectivity index (χ4n) is 1.37. The molecule has 0 bridgehead atoms. The lowest BCUT2D eigenvalue weighted by Gasteiger charge is -2.18. The van der Waals surface area contributed by atoms with E-state index in [-0.39, 0.29) is 18.2 Å². The number of halogens is 3. The van der Waals surface area contributed by atoms with Gasteiger partial charge in [0.15, 0.2) is 18.2 Å². The number of nitrogens with one attached hydrogen (secondary N) is 2. The molecule has 0 radical (unpaired) electrons. The predicted molar refractivity (Wildman–Crippen MR) is 77.1 cm³/mol. The topological polar surface area (TPSA) is 72.5 Å². The number of alkyl carbamates (subject to hydrolysis) is 1. The molecule has 0 aromatic carbocycles. The Balaban J connectivity index is 2.74. The summed E-state index contributed by atoms with van der Waals surface area (Å²) in [5.41, 5.74) is -0.292. The van der Waals surface area contributed by atoms with Crippen molar-refractivity contribution in [3.05, 3.63) is 17.8 Å². The first-order valence-electron chi connectivity index (χ1n) is 6.25. The number of hydrogen-bond acceptors (Lipinski definition) is 6. The number of aryl methyl sites for hydroxylation is 1. The lowest BCUT2D eigenvalue weighted by atomic mass is 10.3. The van der Waals surface area contributed by atoms with Crippen LogP contribution in [0.15, 0.2) is 12.3 Å². The molecule has 1 atom stereocenters. The first-order valence-corrected chi connectivity index (χ1v) is 6.77. The number of amides is 1. The van der Waals surface area contributed by atoms with Crippen molar-refractivity contribution in [3.8, 4) is 5.75 Å². The van der Waals surface area contributed by atoms with Gasteiger partial charge in [0.2, 0.25) is 0 Å². The van der Waals surface area contributed by atoms with Gasteiger partial charge in [-0.3, -0.25) is 5.32 Å². The lowest BCUT2D eigenvalue weighted by Crippen LogP contribution is -2.37. The van der Waals surface area contributed by atoms with Gasteiger partial charge in [0.05, 0.1) is 6.61 Å². The second-order valence-electron chi connectivity index (χ2n) is 4.17. The third kappa shape index (κ3) is 6.74. The number of anilines is 1. The van der Waals surface area contributed by atoms with Gasteiger partial charge >= 0.3 is 12.3 Å². The third-order valence-electron chi connectivity index (χ3n) is 2.18. The summed E-state index contributed by atoms with van der Waals surface area (Å²) < 4.78 is 46.1. The number of carbonyl (C=O) groups excluding carboxylic acids is 1. The van der Waals surface area contributed by atoms with E-state index >= 15 is 0 Å². The standard InChI is InChI=1S/C12H16F3N3O3S/c1-3-20-11(19)18-10(22)17-9-8(4-7(2)5-16-9)21-6-12(13,14)15/h4-5,10,22H,3,6H2,1-2H3,(H,16,17)(H,18,19). The normalized spacial score (nSPS) is 12.5. The van der Waals surface area contributed by atoms with Crippen LogP contribution in [-0.4, -0.2) is 36.0 Å². The van der Waals surface area contributed by atoms with Crippen LogP contribution < -0.4 is 15.4 Å². The Morgan fingerprint density at radius 3 is 2.77 bits per heavy atom. The molecule has 6 nitrogen and oxygen atoms in total. The van der Waals surface area contributed by atoms with Gasteiger partial charge in [0.1, 0.15) is 5.50 Å². The number of carbonyl (C=O) groups is 1. The molecular weight excluding hydrogens is 323 g/mol. The van der Waals surface area contributed by atoms with Gasteiger partial charge in [0.25, 0.3) is 0 Å². The number of rotatable bonds is 6. The third-order valence-corrected chi connectivity index (χ3v) is 2.44. The molecule has 0 spiro atoms. The molecule has 1 aromatic rings. The molecule has 2 N–H and O–H groups in total. The van der Waals surface area contributed by atoms with Crippen LogP contribution in [0.5, 0.6) is 5.75 Å². The van der Waals surface area contributed by atoms with E-state index in [1.54, 1.807) is 13.8 Å². The SMILES string of the molecule is CCOC(=O)NC(S)Nc1ncc(C)cc1OCC(F)(F)F. The van der Waals surface area contributed by atoms with E-state index in [4.69, 9.17) is 4.74 Å². The molecule has 1 aromatic heterocycles. The van der Waals surface area contributed by atoms with E-state index in [1.807, 2.05) is 0 Å². The Kier molecular flexibility index (Phi) is 6.60. The van der Waals surface area contributed by atoms with E-state index in [0.29, 0.717) is 5.56 Å². The Morgan fingerprint density at radius 2 is 2.18 bits per heavy atom. The van der Waals surface area contributed by atoms with Gasteiger partial charge in [-0.05, 0) is 25.5 Å². The molecule has 1 rings (SSSR count). The Hall–Kier alpha value is -1.84. The monoisotopic (exact) mass is 339 g/mol. The van der Waals surface area contributed by atoms with Gasteiger partial charge in [-0.15, -0.1) is 12.6 Å². The first kappa shape index (κ1) is 18.2. The van der Waals surface area contributed by atoms with Gasteiger partial charge in [-0.2, -0.15) is 13.2 Å². The van der Waals surface area contributed by atoms with Gasteiger partial charge in [-0.1, -0.05) is 0 Å². The number of pyridine rings is 1. The van der Waals surface area contributed by atoms with Crippen LogP contribution in [0.4, 0.5) is 23.8 Å². The summed E-state index contributed by atoms with van der Waals surface area (Å²) in [6.45, 7) is 2.02. The average molecular weight is 339 g/mol. The van der Waals surface area contributed by atoms with Crippen LogP contribution >= 0.6 is 12.6 Å². The van der Waals surface area contributed by atoms with E-state index in [1.165, 1.54) is 12.3 Å². The average Bonchev–Trinajstić information content (AvgIpc) is 2.38. The van der Waals surface area contributed by atoms with E-state index < -0.39 is 24.4 Å². The van der Waals surface area contributed by atoms with Gasteiger partial charge < -0.3 is 14.8 Å². The first-order chi connectivity index (χ1) is 10.2. The molecule has 10 heteroatoms. The van der Waals surface area contributed by atoms with Crippen molar-refractivity contribution in [1.29, 1.82) is 0 Å². The summed E-state index contributed by atoms with van der Waals surface area (Å²) in [7, 11) is 0. The zero-order valence-corrected chi connectivity index (χ0v) is 12.8. The number of aromatic nitrogens is 1. The highest BCUT2D eigenvalue weighted by molar-refractivity contribution is 7.81. The minimum atomic E-state index is -4.47. The van der Waals surface area contributed by atoms with Crippen LogP contribution in [0.25, 0.3) is 0 Å². The molecule has 0 fully saturated rings. The maximum absolute atomic E-state index is 12.2. The molecule has 1 amide bonds. The molecule has 1 unspecified atom stereocenters. The van der Waals surface area contributed by atoms with E-state index in [2.05, 4.69) is 33.0 Å². The molecule has 124 valence electrons. The van der Waals surface area contributed by atoms with Crippen molar-refractivity contribution in [1.82, 2.24) is 10.3 Å². The summed E-state index contributed by atoms with van der Waals surface area (Å²) in [5.74, 6) is -0.0753. The molecule has 0 saturated heterocycles. The number of nitrogens with zero attached hydrogens (tertiary/aromatic N) is 1. The van der Waals surface area contributed by atoms with Crippen molar-refractivity contribution in [2.24, 2.45) is 0 Å². The highest BCUT2D eigenvalue weighted by atomic mass is 32.1. The molecule has 22 heavy (non-hydrogen) atoms. The maximum atomic E-state index is 12.2. The fourth-order valence-corrected chi connectivity index (χ4v) is 1.60. The number of ether oxygens (including phenoxy) is 2. The second-order valence-corrected chi connectivity index (χ2v) is 4.69. The van der Waals surface area contributed by atoms with Crippen LogP contribution in [0, 0.1) is 6.92 Å². The van der Waals surface area contributed by atoms with Crippen molar-refractivity contribution >= 4 is 24.5 Å². The minimum Gasteiger partial charge on any atom is -0.480 e. The van der Waals surface area contributed by atoms with Crippen LogP contribution in [0.1, 0.15) is 12.5 Å². The Morgan fingerprint density at radius 1 is 1.50 bits per heavy atom. The quantitative estimate of drug-likeness (QED) is 0.549. The summed E-state index contributed by atoms with van der Waals surface area (Å²) in [6.07, 6.45) is -3.75. The largest absolute Gasteiger partial charge is 0.480 e. The van der Waals surface area contributed by atoms with Crippen molar-refractivity contribution in [3.63, 3.8) is 0 Å². The summed E-state index contributed by atoms with van der Waals surface area (Å²) in [4.78, 5) is 15.1. The molecule has 1 heterocycles. The Labute approximate surface area is 130 Å². The van der Waals surface area contributed by atoms with Crippen LogP contribution in [0.3, 0.4) is 0 Å². The van der Waals surface area contributed by atoms with Crippen LogP contribution in [-0.2, 0) is 4.74 Å². The Bertz CT molecular complexity index is 514. The van der Waals surface area contributed by atoms with Crippen molar-refractivity contribution in [2.45, 2.75) is 25.5 Å². The van der Waals surface area contributed by atoms with Crippen LogP contribution in [0.2, 0.25) is 0 Å². The van der Waals surface area contributed by atoms with E-state index in [0.717, 1.165) is 0 Å². The lowest BCUT2D eigenvalue weighted by molar-refractivity contribution is -0.153. The number of alkyl halides is 3. The molecule has 0 aliphatic heterocycles. The molecular formula is C12H16F3N3O3S. The van der Waals surface area contributed by atoms with Gasteiger partial charge in [0, 0.05) is 6.20 Å². The summed E-state index contributed by atoms with van der Waals surface area (Å²) in [5, 5.41) is 4.93. The summed E-state index contributed by atoms with van der Waals surface area (Å²) in [6, 6.07) is 1.39. The molecule has 0 aliphatic rings. The zero-order chi connectivity index (χ0) is 16.8. The van der Waals surface area contributed by atoms with E-state index in [9.17, 15) is 18.0 Å². The highest BCUT2D eigenvalue weighted by Gasteiger charge is 2.29. The van der Waals surface area contributed by atoms with Crippen molar-refractivity contribution < 1.29 is 27.4 Å². The van der Waals surface area contributed by atoms with Gasteiger partial charge in [-0.25, -0.2) is 9.78 Å². The summed E-state index contributed by atoms with van der Waals surface area (Å²) >= 11 is 4.03. The second kappa shape index (κ2) is 7.97. The van der Waals surface area contributed by atoms with Crippen molar-refractivity contribution in [2.75, 3.05) is 18.5 Å². The molecule has 0 saturated carbocycles. The fraction of sp³-hybridized carbons (Fsp3) is 0.500. The number of hydrogen-bond donors (Lipinski definition) is 3. The highest BCUT2D eigenvalue weighted by Crippen LogP contribution is 2.26. The minimum absolute atomic E-state index is 0.0200. The smallest absolute Gasteiger partial charge is 0.422 e. The number of thiol groups is 1.